The highest BCUT2D eigenvalue weighted by molar-refractivity contribution is 5.88. The number of urea groups is 1. The number of hydrogen-bond donors (Lipinski definition) is 2. The summed E-state index contributed by atoms with van der Waals surface area (Å²) < 4.78 is 1.52. The van der Waals surface area contributed by atoms with Crippen molar-refractivity contribution in [3.63, 3.8) is 0 Å². The monoisotopic (exact) mass is 315 g/mol. The average molecular weight is 315 g/mol. The minimum Gasteiger partial charge on any atom is -0.396 e. The van der Waals surface area contributed by atoms with E-state index in [-0.39, 0.29) is 12.6 Å². The lowest BCUT2D eigenvalue weighted by molar-refractivity contribution is 0.208. The molecule has 0 aliphatic heterocycles. The van der Waals surface area contributed by atoms with Gasteiger partial charge in [0.15, 0.2) is 5.82 Å². The number of amides is 2. The number of carbonyl (C=O) groups is 1. The Bertz CT molecular complexity index is 639. The maximum atomic E-state index is 12.3. The molecule has 7 heteroatoms. The highest BCUT2D eigenvalue weighted by atomic mass is 16.3. The second-order valence-corrected chi connectivity index (χ2v) is 5.04. The molecule has 122 valence electrons. The van der Waals surface area contributed by atoms with Crippen LogP contribution in [0.2, 0.25) is 0 Å². The third-order valence-electron chi connectivity index (χ3n) is 3.15. The maximum absolute atomic E-state index is 12.3. The number of carbonyl (C=O) groups excluding carboxylic acids is 1. The van der Waals surface area contributed by atoms with Gasteiger partial charge in [-0.2, -0.15) is 0 Å². The largest absolute Gasteiger partial charge is 0.396 e. The first-order valence-corrected chi connectivity index (χ1v) is 7.44. The normalized spacial score (nSPS) is 10.9. The molecule has 0 aliphatic rings. The van der Waals surface area contributed by atoms with Crippen LogP contribution in [-0.4, -0.2) is 50.7 Å². The van der Waals surface area contributed by atoms with E-state index in [2.05, 4.69) is 15.6 Å². The summed E-state index contributed by atoms with van der Waals surface area (Å²) in [6, 6.07) is 9.60. The van der Waals surface area contributed by atoms with Crippen molar-refractivity contribution in [2.45, 2.75) is 6.42 Å². The Balaban J connectivity index is 1.95. The van der Waals surface area contributed by atoms with Crippen LogP contribution in [0.15, 0.2) is 42.6 Å². The zero-order valence-corrected chi connectivity index (χ0v) is 13.1. The summed E-state index contributed by atoms with van der Waals surface area (Å²) in [7, 11) is 1.73. The molecule has 2 rings (SSSR count). The fourth-order valence-electron chi connectivity index (χ4n) is 2.01. The molecule has 0 unspecified atom stereocenters. The van der Waals surface area contributed by atoms with E-state index in [1.165, 1.54) is 4.68 Å². The smallest absolute Gasteiger partial charge is 0.323 e. The Labute approximate surface area is 135 Å². The minimum atomic E-state index is -0.267. The van der Waals surface area contributed by atoms with Gasteiger partial charge in [0, 0.05) is 26.7 Å². The molecule has 0 spiro atoms. The topological polar surface area (TPSA) is 83.3 Å². The van der Waals surface area contributed by atoms with Gasteiger partial charge < -0.3 is 10.0 Å². The van der Waals surface area contributed by atoms with E-state index in [1.807, 2.05) is 42.5 Å². The van der Waals surface area contributed by atoms with Crippen molar-refractivity contribution in [1.82, 2.24) is 19.9 Å². The zero-order valence-electron chi connectivity index (χ0n) is 13.1. The third kappa shape index (κ3) is 5.55. The van der Waals surface area contributed by atoms with Crippen molar-refractivity contribution in [2.24, 2.45) is 7.05 Å². The van der Waals surface area contributed by atoms with Crippen molar-refractivity contribution >= 4 is 17.9 Å². The van der Waals surface area contributed by atoms with E-state index >= 15 is 0 Å². The molecule has 1 aromatic carbocycles. The van der Waals surface area contributed by atoms with E-state index in [9.17, 15) is 4.79 Å². The second-order valence-electron chi connectivity index (χ2n) is 5.04. The Morgan fingerprint density at radius 3 is 2.83 bits per heavy atom. The highest BCUT2D eigenvalue weighted by Crippen LogP contribution is 2.05. The molecule has 0 fully saturated rings. The lowest BCUT2D eigenvalue weighted by atomic mass is 10.2. The molecule has 0 radical (unpaired) electrons. The summed E-state index contributed by atoms with van der Waals surface area (Å²) in [5.41, 5.74) is 1.07. The highest BCUT2D eigenvalue weighted by Gasteiger charge is 2.13. The average Bonchev–Trinajstić information content (AvgIpc) is 2.96. The number of benzene rings is 1. The second kappa shape index (κ2) is 8.70. The number of aromatic nitrogens is 3. The van der Waals surface area contributed by atoms with Crippen LogP contribution in [-0.2, 0) is 7.05 Å². The van der Waals surface area contributed by atoms with Crippen molar-refractivity contribution in [2.75, 3.05) is 25.0 Å². The van der Waals surface area contributed by atoms with E-state index in [4.69, 9.17) is 5.11 Å². The van der Waals surface area contributed by atoms with Crippen LogP contribution in [0.4, 0.5) is 10.6 Å². The predicted molar refractivity (Wildman–Crippen MR) is 88.8 cm³/mol. The summed E-state index contributed by atoms with van der Waals surface area (Å²) >= 11 is 0. The van der Waals surface area contributed by atoms with Crippen LogP contribution < -0.4 is 5.32 Å². The van der Waals surface area contributed by atoms with Gasteiger partial charge in [-0.05, 0) is 12.0 Å². The molecular weight excluding hydrogens is 294 g/mol. The van der Waals surface area contributed by atoms with Gasteiger partial charge in [-0.1, -0.05) is 47.7 Å². The van der Waals surface area contributed by atoms with Gasteiger partial charge in [0.1, 0.15) is 0 Å². The van der Waals surface area contributed by atoms with Crippen LogP contribution >= 0.6 is 0 Å². The van der Waals surface area contributed by atoms with E-state index in [0.717, 1.165) is 5.56 Å². The molecule has 2 amide bonds. The van der Waals surface area contributed by atoms with Crippen LogP contribution in [0.1, 0.15) is 12.0 Å². The van der Waals surface area contributed by atoms with E-state index in [0.29, 0.717) is 25.3 Å². The molecule has 0 atom stereocenters. The van der Waals surface area contributed by atoms with Crippen LogP contribution in [0.3, 0.4) is 0 Å². The number of rotatable bonds is 7. The molecular formula is C16H21N5O2. The number of hydrogen-bond acceptors (Lipinski definition) is 4. The fourth-order valence-corrected chi connectivity index (χ4v) is 2.01. The quantitative estimate of drug-likeness (QED) is 0.815. The molecule has 23 heavy (non-hydrogen) atoms. The number of nitrogens with zero attached hydrogens (tertiary/aromatic N) is 4. The van der Waals surface area contributed by atoms with Crippen molar-refractivity contribution in [3.05, 3.63) is 48.2 Å². The first kappa shape index (κ1) is 16.7. The third-order valence-corrected chi connectivity index (χ3v) is 3.15. The first-order chi connectivity index (χ1) is 11.2. The van der Waals surface area contributed by atoms with Crippen molar-refractivity contribution in [3.8, 4) is 0 Å². The lowest BCUT2D eigenvalue weighted by Gasteiger charge is -2.20. The van der Waals surface area contributed by atoms with Gasteiger partial charge in [0.25, 0.3) is 0 Å². The SMILES string of the molecule is Cn1cc(NC(=O)N(CC=Cc2ccccc2)CCCO)nn1. The number of aliphatic hydroxyl groups is 1. The number of anilines is 1. The summed E-state index contributed by atoms with van der Waals surface area (Å²) in [5, 5.41) is 19.3. The summed E-state index contributed by atoms with van der Waals surface area (Å²) in [4.78, 5) is 13.9. The van der Waals surface area contributed by atoms with Gasteiger partial charge in [-0.25, -0.2) is 4.79 Å². The Kier molecular flexibility index (Phi) is 6.31. The van der Waals surface area contributed by atoms with Crippen molar-refractivity contribution in [1.29, 1.82) is 0 Å². The molecule has 0 bridgehead atoms. The molecule has 2 N–H and O–H groups in total. The van der Waals surface area contributed by atoms with Gasteiger partial charge in [0.2, 0.25) is 0 Å². The minimum absolute atomic E-state index is 0.0390. The number of aliphatic hydroxyl groups excluding tert-OH is 1. The van der Waals surface area contributed by atoms with Gasteiger partial charge in [0.05, 0.1) is 6.20 Å². The van der Waals surface area contributed by atoms with Crippen LogP contribution in [0.25, 0.3) is 6.08 Å². The van der Waals surface area contributed by atoms with Crippen LogP contribution in [0.5, 0.6) is 0 Å². The molecule has 0 saturated heterocycles. The summed E-state index contributed by atoms with van der Waals surface area (Å²) in [5.74, 6) is 0.401. The van der Waals surface area contributed by atoms with Gasteiger partial charge in [-0.3, -0.25) is 10.00 Å². The molecule has 1 heterocycles. The molecule has 0 aliphatic carbocycles. The lowest BCUT2D eigenvalue weighted by Crippen LogP contribution is -2.36. The molecule has 0 saturated carbocycles. The zero-order chi connectivity index (χ0) is 16.5. The molecule has 2 aromatic rings. The first-order valence-electron chi connectivity index (χ1n) is 7.44. The van der Waals surface area contributed by atoms with Crippen molar-refractivity contribution < 1.29 is 9.90 Å². The maximum Gasteiger partial charge on any atom is 0.323 e. The summed E-state index contributed by atoms with van der Waals surface area (Å²) in [6.07, 6.45) is 6.03. The molecule has 1 aromatic heterocycles. The van der Waals surface area contributed by atoms with E-state index < -0.39 is 0 Å². The van der Waals surface area contributed by atoms with Gasteiger partial charge in [-0.15, -0.1) is 5.10 Å². The van der Waals surface area contributed by atoms with Crippen LogP contribution in [0, 0.1) is 0 Å². The fraction of sp³-hybridized carbons (Fsp3) is 0.312. The van der Waals surface area contributed by atoms with Gasteiger partial charge >= 0.3 is 6.03 Å². The van der Waals surface area contributed by atoms with E-state index in [1.54, 1.807) is 18.1 Å². The Morgan fingerprint density at radius 2 is 2.17 bits per heavy atom. The number of aryl methyl sites for hydroxylation is 1. The Hall–Kier alpha value is -2.67. The predicted octanol–water partition coefficient (Wildman–Crippen LogP) is 1.74. The Morgan fingerprint density at radius 1 is 1.39 bits per heavy atom. The standard InChI is InChI=1S/C16H21N5O2/c1-20-13-15(18-19-20)17-16(23)21(11-6-12-22)10-5-9-14-7-3-2-4-8-14/h2-5,7-9,13,22H,6,10-12H2,1H3,(H,17,23). The molecule has 7 nitrogen and oxygen atoms in total. The summed E-state index contributed by atoms with van der Waals surface area (Å²) in [6.45, 7) is 0.944. The number of nitrogens with one attached hydrogen (secondary N) is 1.